The maximum absolute atomic E-state index is 13.2. The average molecular weight is 439 g/mol. The summed E-state index contributed by atoms with van der Waals surface area (Å²) in [6.07, 6.45) is 4.48. The first-order valence-corrected chi connectivity index (χ1v) is 11.9. The molecular formula is C20H30N4O5S. The van der Waals surface area contributed by atoms with Gasteiger partial charge in [-0.1, -0.05) is 0 Å². The first-order valence-electron chi connectivity index (χ1n) is 10.5. The van der Waals surface area contributed by atoms with E-state index in [4.69, 9.17) is 4.74 Å². The first-order chi connectivity index (χ1) is 14.3. The molecule has 0 spiro atoms. The Bertz CT molecular complexity index is 868. The number of esters is 1. The standard InChI is InChI=1S/C20H30N4O5S/c1-3-29-20(26)17-6-4-5-11-24(17)30(27,28)23-12-8-16(9-13-23)19(25)22-18-14-15(2)7-10-21-18/h7,10,14,16-17H,3-6,8-9,11-13H2,1-2H3,(H,21,22,25)/t17-/m0/s1. The molecule has 2 fully saturated rings. The van der Waals surface area contributed by atoms with Gasteiger partial charge < -0.3 is 10.1 Å². The molecule has 0 unspecified atom stereocenters. The van der Waals surface area contributed by atoms with E-state index in [1.54, 1.807) is 19.2 Å². The monoisotopic (exact) mass is 438 g/mol. The summed E-state index contributed by atoms with van der Waals surface area (Å²) < 4.78 is 34.2. The summed E-state index contributed by atoms with van der Waals surface area (Å²) >= 11 is 0. The van der Waals surface area contributed by atoms with E-state index < -0.39 is 22.2 Å². The molecule has 30 heavy (non-hydrogen) atoms. The third-order valence-electron chi connectivity index (χ3n) is 5.63. The molecule has 1 atom stereocenters. The zero-order chi connectivity index (χ0) is 21.7. The van der Waals surface area contributed by atoms with Crippen molar-refractivity contribution in [1.82, 2.24) is 13.6 Å². The third kappa shape index (κ3) is 5.16. The normalized spacial score (nSPS) is 21.9. The van der Waals surface area contributed by atoms with Crippen LogP contribution in [0.25, 0.3) is 0 Å². The summed E-state index contributed by atoms with van der Waals surface area (Å²) in [5.41, 5.74) is 0.999. The minimum Gasteiger partial charge on any atom is -0.465 e. The molecule has 2 aliphatic heterocycles. The molecule has 2 aliphatic rings. The minimum absolute atomic E-state index is 0.146. The van der Waals surface area contributed by atoms with Crippen LogP contribution in [0.4, 0.5) is 5.82 Å². The van der Waals surface area contributed by atoms with Gasteiger partial charge in [-0.15, -0.1) is 0 Å². The Morgan fingerprint density at radius 2 is 1.93 bits per heavy atom. The molecule has 3 rings (SSSR count). The number of carbonyl (C=O) groups excluding carboxylic acids is 2. The van der Waals surface area contributed by atoms with Crippen molar-refractivity contribution in [3.63, 3.8) is 0 Å². The molecule has 9 nitrogen and oxygen atoms in total. The number of nitrogens with zero attached hydrogens (tertiary/aromatic N) is 3. The van der Waals surface area contributed by atoms with E-state index in [1.165, 1.54) is 8.61 Å². The maximum atomic E-state index is 13.2. The highest BCUT2D eigenvalue weighted by molar-refractivity contribution is 7.86. The second-order valence-corrected chi connectivity index (χ2v) is 9.64. The van der Waals surface area contributed by atoms with Crippen molar-refractivity contribution in [3.8, 4) is 0 Å². The topological polar surface area (TPSA) is 109 Å². The number of anilines is 1. The molecule has 0 aliphatic carbocycles. The summed E-state index contributed by atoms with van der Waals surface area (Å²) in [6, 6.07) is 2.88. The van der Waals surface area contributed by atoms with Crippen LogP contribution in [-0.2, 0) is 24.5 Å². The first kappa shape index (κ1) is 22.6. The molecule has 0 bridgehead atoms. The minimum atomic E-state index is -3.79. The van der Waals surface area contributed by atoms with Gasteiger partial charge in [0.05, 0.1) is 6.61 Å². The number of carbonyl (C=O) groups is 2. The van der Waals surface area contributed by atoms with Crippen molar-refractivity contribution in [2.24, 2.45) is 5.92 Å². The largest absolute Gasteiger partial charge is 0.465 e. The van der Waals surface area contributed by atoms with Crippen LogP contribution in [0.15, 0.2) is 18.3 Å². The highest BCUT2D eigenvalue weighted by atomic mass is 32.2. The number of hydrogen-bond acceptors (Lipinski definition) is 6. The van der Waals surface area contributed by atoms with Gasteiger partial charge in [0.1, 0.15) is 11.9 Å². The Balaban J connectivity index is 1.61. The van der Waals surface area contributed by atoms with Gasteiger partial charge in [-0.25, -0.2) is 4.98 Å². The summed E-state index contributed by atoms with van der Waals surface area (Å²) in [5, 5.41) is 2.82. The predicted octanol–water partition coefficient (Wildman–Crippen LogP) is 1.70. The zero-order valence-electron chi connectivity index (χ0n) is 17.5. The summed E-state index contributed by atoms with van der Waals surface area (Å²) in [5.74, 6) is -0.408. The van der Waals surface area contributed by atoms with Gasteiger partial charge in [-0.2, -0.15) is 17.0 Å². The summed E-state index contributed by atoms with van der Waals surface area (Å²) in [7, 11) is -3.79. The van der Waals surface area contributed by atoms with Crippen molar-refractivity contribution in [1.29, 1.82) is 0 Å². The molecule has 1 aromatic heterocycles. The fraction of sp³-hybridized carbons (Fsp3) is 0.650. The van der Waals surface area contributed by atoms with Crippen LogP contribution in [0.2, 0.25) is 0 Å². The Kier molecular flexibility index (Phi) is 7.43. The van der Waals surface area contributed by atoms with Gasteiger partial charge in [0.2, 0.25) is 5.91 Å². The molecule has 1 amide bonds. The van der Waals surface area contributed by atoms with Gasteiger partial charge >= 0.3 is 5.97 Å². The molecule has 1 aromatic rings. The number of hydrogen-bond donors (Lipinski definition) is 1. The summed E-state index contributed by atoms with van der Waals surface area (Å²) in [4.78, 5) is 29.0. The van der Waals surface area contributed by atoms with E-state index in [0.29, 0.717) is 31.6 Å². The van der Waals surface area contributed by atoms with Crippen LogP contribution in [0.5, 0.6) is 0 Å². The molecule has 3 heterocycles. The molecule has 0 saturated carbocycles. The Hall–Kier alpha value is -2.04. The van der Waals surface area contributed by atoms with Crippen LogP contribution >= 0.6 is 0 Å². The lowest BCUT2D eigenvalue weighted by Gasteiger charge is -2.38. The third-order valence-corrected chi connectivity index (χ3v) is 7.67. The van der Waals surface area contributed by atoms with Crippen LogP contribution in [0, 0.1) is 12.8 Å². The number of aryl methyl sites for hydroxylation is 1. The number of amides is 1. The van der Waals surface area contributed by atoms with Crippen molar-refractivity contribution in [2.75, 3.05) is 31.6 Å². The lowest BCUT2D eigenvalue weighted by molar-refractivity contribution is -0.148. The second-order valence-electron chi connectivity index (χ2n) is 7.76. The molecule has 0 aromatic carbocycles. The highest BCUT2D eigenvalue weighted by Crippen LogP contribution is 2.27. The fourth-order valence-electron chi connectivity index (χ4n) is 3.99. The number of aromatic nitrogens is 1. The SMILES string of the molecule is CCOC(=O)[C@@H]1CCCCN1S(=O)(=O)N1CCC(C(=O)Nc2cc(C)ccn2)CC1. The van der Waals surface area contributed by atoms with E-state index in [2.05, 4.69) is 10.3 Å². The number of rotatable bonds is 6. The van der Waals surface area contributed by atoms with Gasteiger partial charge in [0.25, 0.3) is 10.2 Å². The lowest BCUT2D eigenvalue weighted by atomic mass is 9.97. The van der Waals surface area contributed by atoms with E-state index in [-0.39, 0.29) is 31.5 Å². The van der Waals surface area contributed by atoms with Crippen LogP contribution in [-0.4, -0.2) is 66.2 Å². The maximum Gasteiger partial charge on any atom is 0.324 e. The average Bonchev–Trinajstić information content (AvgIpc) is 2.74. The van der Waals surface area contributed by atoms with Gasteiger partial charge in [0.15, 0.2) is 0 Å². The van der Waals surface area contributed by atoms with E-state index in [0.717, 1.165) is 18.4 Å². The van der Waals surface area contributed by atoms with Gasteiger partial charge in [-0.05, 0) is 63.6 Å². The molecule has 0 radical (unpaired) electrons. The van der Waals surface area contributed by atoms with Gasteiger partial charge in [0, 0.05) is 31.7 Å². The Morgan fingerprint density at radius 3 is 2.60 bits per heavy atom. The van der Waals surface area contributed by atoms with Crippen LogP contribution in [0.3, 0.4) is 0 Å². The number of pyridine rings is 1. The van der Waals surface area contributed by atoms with Gasteiger partial charge in [-0.3, -0.25) is 9.59 Å². The Morgan fingerprint density at radius 1 is 1.20 bits per heavy atom. The number of piperidine rings is 2. The lowest BCUT2D eigenvalue weighted by Crippen LogP contribution is -2.55. The molecule has 1 N–H and O–H groups in total. The van der Waals surface area contributed by atoms with Crippen LogP contribution < -0.4 is 5.32 Å². The molecule has 10 heteroatoms. The molecular weight excluding hydrogens is 408 g/mol. The number of nitrogens with one attached hydrogen (secondary N) is 1. The van der Waals surface area contributed by atoms with E-state index in [1.807, 2.05) is 13.0 Å². The van der Waals surface area contributed by atoms with Crippen molar-refractivity contribution in [2.45, 2.75) is 52.0 Å². The molecule has 2 saturated heterocycles. The van der Waals surface area contributed by atoms with Crippen molar-refractivity contribution >= 4 is 27.9 Å². The van der Waals surface area contributed by atoms with Crippen molar-refractivity contribution < 1.29 is 22.7 Å². The van der Waals surface area contributed by atoms with E-state index in [9.17, 15) is 18.0 Å². The smallest absolute Gasteiger partial charge is 0.324 e. The fourth-order valence-corrected chi connectivity index (χ4v) is 5.83. The quantitative estimate of drug-likeness (QED) is 0.677. The van der Waals surface area contributed by atoms with E-state index >= 15 is 0 Å². The second kappa shape index (κ2) is 9.84. The van der Waals surface area contributed by atoms with Crippen LogP contribution in [0.1, 0.15) is 44.6 Å². The highest BCUT2D eigenvalue weighted by Gasteiger charge is 2.42. The number of ether oxygens (including phenoxy) is 1. The predicted molar refractivity (Wildman–Crippen MR) is 112 cm³/mol. The Labute approximate surface area is 178 Å². The summed E-state index contributed by atoms with van der Waals surface area (Å²) in [6.45, 7) is 4.65. The molecule has 166 valence electrons. The van der Waals surface area contributed by atoms with Crippen molar-refractivity contribution in [3.05, 3.63) is 23.9 Å². The zero-order valence-corrected chi connectivity index (χ0v) is 18.4.